The van der Waals surface area contributed by atoms with Gasteiger partial charge in [0.25, 0.3) is 0 Å². The van der Waals surface area contributed by atoms with Gasteiger partial charge in [-0.3, -0.25) is 9.59 Å². The average molecular weight is 408 g/mol. The van der Waals surface area contributed by atoms with Crippen molar-refractivity contribution in [3.63, 3.8) is 0 Å². The highest BCUT2D eigenvalue weighted by molar-refractivity contribution is 5.92. The molecule has 30 heavy (non-hydrogen) atoms. The summed E-state index contributed by atoms with van der Waals surface area (Å²) in [7, 11) is 1.29. The topological polar surface area (TPSA) is 98.5 Å². The molecule has 0 saturated heterocycles. The second kappa shape index (κ2) is 8.79. The molecule has 0 fully saturated rings. The zero-order valence-corrected chi connectivity index (χ0v) is 17.8. The highest BCUT2D eigenvalue weighted by Crippen LogP contribution is 2.31. The number of carbonyl (C=O) groups excluding carboxylic acids is 3. The molecule has 158 valence electrons. The van der Waals surface area contributed by atoms with Gasteiger partial charge in [0.2, 0.25) is 5.91 Å². The summed E-state index contributed by atoms with van der Waals surface area (Å²) in [5.74, 6) is -1.73. The number of ether oxygens (including phenoxy) is 1. The molecule has 1 aliphatic heterocycles. The zero-order valence-electron chi connectivity index (χ0n) is 17.8. The number of methoxy groups -OCH3 is 1. The molecule has 2 aromatic carbocycles. The van der Waals surface area contributed by atoms with Crippen molar-refractivity contribution in [2.24, 2.45) is 11.7 Å². The van der Waals surface area contributed by atoms with Gasteiger partial charge in [0.15, 0.2) is 5.78 Å². The van der Waals surface area contributed by atoms with Crippen molar-refractivity contribution in [1.82, 2.24) is 5.32 Å². The van der Waals surface area contributed by atoms with E-state index < -0.39 is 24.0 Å². The Morgan fingerprint density at radius 2 is 1.67 bits per heavy atom. The van der Waals surface area contributed by atoms with Gasteiger partial charge < -0.3 is 15.8 Å². The smallest absolute Gasteiger partial charge is 0.328 e. The fourth-order valence-electron chi connectivity index (χ4n) is 3.80. The third kappa shape index (κ3) is 4.44. The highest BCUT2D eigenvalue weighted by Gasteiger charge is 2.28. The number of rotatable bonds is 1. The summed E-state index contributed by atoms with van der Waals surface area (Å²) in [6.45, 7) is 5.69. The van der Waals surface area contributed by atoms with Gasteiger partial charge in [0.1, 0.15) is 6.04 Å². The van der Waals surface area contributed by atoms with Crippen LogP contribution in [-0.4, -0.2) is 30.8 Å². The molecule has 3 rings (SSSR count). The number of hydrogen-bond acceptors (Lipinski definition) is 5. The predicted molar refractivity (Wildman–Crippen MR) is 115 cm³/mol. The predicted octanol–water partition coefficient (Wildman–Crippen LogP) is 2.78. The number of Topliss-reactive ketones (excluding diaryl/α,β-unsaturated/α-hetero) is 1. The Bertz CT molecular complexity index is 999. The molecule has 1 amide bonds. The molecular formula is C24H28N2O4. The highest BCUT2D eigenvalue weighted by atomic mass is 16.5. The molecule has 0 radical (unpaired) electrons. The van der Waals surface area contributed by atoms with Gasteiger partial charge in [0.05, 0.1) is 13.2 Å². The van der Waals surface area contributed by atoms with E-state index in [-0.39, 0.29) is 18.1 Å². The van der Waals surface area contributed by atoms with Crippen molar-refractivity contribution in [3.05, 3.63) is 58.7 Å². The number of aryl methyl sites for hydroxylation is 2. The molecule has 1 aliphatic rings. The molecule has 0 unspecified atom stereocenters. The number of carbonyl (C=O) groups is 3. The number of ketones is 1. The number of hydrogen-bond donors (Lipinski definition) is 2. The lowest BCUT2D eigenvalue weighted by atomic mass is 9.88. The van der Waals surface area contributed by atoms with Crippen LogP contribution < -0.4 is 11.1 Å². The standard InChI is InChI=1S/C24H28N2O4/c1-13-5-7-16-10-18(13)19-12-17(8-6-14(19)2)22(25)21(27)9-15(3)23(28)26-20(11-16)24(29)30-4/h5-8,10,12,15,20,22H,9,11,25H2,1-4H3,(H,26,28)/t15-,20+,22+/m1/s1. The largest absolute Gasteiger partial charge is 0.467 e. The van der Waals surface area contributed by atoms with Crippen LogP contribution >= 0.6 is 0 Å². The summed E-state index contributed by atoms with van der Waals surface area (Å²) in [5.41, 5.74) is 12.0. The first-order chi connectivity index (χ1) is 14.2. The van der Waals surface area contributed by atoms with Crippen molar-refractivity contribution >= 4 is 17.7 Å². The van der Waals surface area contributed by atoms with Crippen LogP contribution in [0.2, 0.25) is 0 Å². The minimum atomic E-state index is -0.834. The summed E-state index contributed by atoms with van der Waals surface area (Å²) >= 11 is 0. The van der Waals surface area contributed by atoms with E-state index in [1.54, 1.807) is 6.92 Å². The Morgan fingerprint density at radius 3 is 2.33 bits per heavy atom. The Kier molecular flexibility index (Phi) is 6.37. The number of amides is 1. The molecule has 0 aliphatic carbocycles. The lowest BCUT2D eigenvalue weighted by Crippen LogP contribution is -2.45. The molecule has 6 heteroatoms. The number of fused-ring (bicyclic) bond motifs is 5. The van der Waals surface area contributed by atoms with Gasteiger partial charge >= 0.3 is 5.97 Å². The molecule has 3 N–H and O–H groups in total. The van der Waals surface area contributed by atoms with Crippen molar-refractivity contribution in [1.29, 1.82) is 0 Å². The molecule has 0 saturated carbocycles. The quantitative estimate of drug-likeness (QED) is 0.707. The Hall–Kier alpha value is -2.99. The second-order valence-electron chi connectivity index (χ2n) is 8.06. The second-order valence-corrected chi connectivity index (χ2v) is 8.06. The SMILES string of the molecule is COC(=O)[C@@H]1Cc2ccc(C)c(c2)-c2cc(ccc2C)[C@H](N)C(=O)C[C@@H](C)C(=O)N1. The van der Waals surface area contributed by atoms with Gasteiger partial charge in [-0.2, -0.15) is 0 Å². The van der Waals surface area contributed by atoms with Gasteiger partial charge in [-0.1, -0.05) is 37.3 Å². The fraction of sp³-hybridized carbons (Fsp3) is 0.375. The van der Waals surface area contributed by atoms with E-state index >= 15 is 0 Å². The summed E-state index contributed by atoms with van der Waals surface area (Å²) in [6.07, 6.45) is 0.291. The third-order valence-electron chi connectivity index (χ3n) is 5.76. The maximum Gasteiger partial charge on any atom is 0.328 e. The summed E-state index contributed by atoms with van der Waals surface area (Å²) in [4.78, 5) is 37.7. The van der Waals surface area contributed by atoms with Crippen molar-refractivity contribution in [2.75, 3.05) is 7.11 Å². The first kappa shape index (κ1) is 21.7. The van der Waals surface area contributed by atoms with E-state index in [2.05, 4.69) is 5.32 Å². The van der Waals surface area contributed by atoms with Crippen LogP contribution in [0.4, 0.5) is 0 Å². The summed E-state index contributed by atoms with van der Waals surface area (Å²) in [6, 6.07) is 10.1. The molecule has 0 spiro atoms. The summed E-state index contributed by atoms with van der Waals surface area (Å²) in [5, 5.41) is 2.74. The van der Waals surface area contributed by atoms with Crippen LogP contribution in [0.5, 0.6) is 0 Å². The zero-order chi connectivity index (χ0) is 22.0. The minimum Gasteiger partial charge on any atom is -0.467 e. The van der Waals surface area contributed by atoms with E-state index in [1.165, 1.54) is 7.11 Å². The normalized spacial score (nSPS) is 22.1. The van der Waals surface area contributed by atoms with E-state index in [9.17, 15) is 14.4 Å². The van der Waals surface area contributed by atoms with E-state index in [1.807, 2.05) is 50.2 Å². The fourth-order valence-corrected chi connectivity index (χ4v) is 3.80. The van der Waals surface area contributed by atoms with Crippen LogP contribution in [0.1, 0.15) is 41.6 Å². The Balaban J connectivity index is 2.16. The van der Waals surface area contributed by atoms with Gasteiger partial charge in [-0.25, -0.2) is 4.79 Å². The van der Waals surface area contributed by atoms with Crippen LogP contribution in [0, 0.1) is 19.8 Å². The number of esters is 1. The maximum atomic E-state index is 12.7. The van der Waals surface area contributed by atoms with Crippen LogP contribution in [-0.2, 0) is 25.5 Å². The lowest BCUT2D eigenvalue weighted by molar-refractivity contribution is -0.145. The lowest BCUT2D eigenvalue weighted by Gasteiger charge is -2.22. The Labute approximate surface area is 176 Å². The first-order valence-electron chi connectivity index (χ1n) is 10.1. The van der Waals surface area contributed by atoms with E-state index in [4.69, 9.17) is 10.5 Å². The molecule has 0 aromatic heterocycles. The third-order valence-corrected chi connectivity index (χ3v) is 5.76. The summed E-state index contributed by atoms with van der Waals surface area (Å²) < 4.78 is 4.89. The van der Waals surface area contributed by atoms with Crippen LogP contribution in [0.15, 0.2) is 36.4 Å². The molecule has 2 aromatic rings. The van der Waals surface area contributed by atoms with Gasteiger partial charge in [-0.15, -0.1) is 0 Å². The molecule has 1 heterocycles. The monoisotopic (exact) mass is 408 g/mol. The van der Waals surface area contributed by atoms with Crippen LogP contribution in [0.3, 0.4) is 0 Å². The average Bonchev–Trinajstić information content (AvgIpc) is 2.73. The molecule has 4 bridgehead atoms. The van der Waals surface area contributed by atoms with Crippen molar-refractivity contribution < 1.29 is 19.1 Å². The minimum absolute atomic E-state index is 0.00553. The maximum absolute atomic E-state index is 12.7. The van der Waals surface area contributed by atoms with Crippen molar-refractivity contribution in [3.8, 4) is 11.1 Å². The Morgan fingerprint density at radius 1 is 1.03 bits per heavy atom. The van der Waals surface area contributed by atoms with Crippen molar-refractivity contribution in [2.45, 2.75) is 45.7 Å². The molecular weight excluding hydrogens is 380 g/mol. The number of benzene rings is 2. The molecule has 6 nitrogen and oxygen atoms in total. The number of nitrogens with two attached hydrogens (primary N) is 1. The van der Waals surface area contributed by atoms with E-state index in [0.717, 1.165) is 33.4 Å². The molecule has 3 atom stereocenters. The first-order valence-corrected chi connectivity index (χ1v) is 10.1. The van der Waals surface area contributed by atoms with E-state index in [0.29, 0.717) is 6.42 Å². The van der Waals surface area contributed by atoms with Gasteiger partial charge in [0, 0.05) is 18.8 Å². The van der Waals surface area contributed by atoms with Crippen LogP contribution in [0.25, 0.3) is 11.1 Å². The number of nitrogens with one attached hydrogen (secondary N) is 1. The van der Waals surface area contributed by atoms with Gasteiger partial charge in [-0.05, 0) is 53.3 Å².